The number of aryl methyl sites for hydroxylation is 1. The van der Waals surface area contributed by atoms with Crippen LogP contribution in [-0.2, 0) is 16.4 Å². The molecule has 21 heavy (non-hydrogen) atoms. The van der Waals surface area contributed by atoms with Crippen molar-refractivity contribution in [2.45, 2.75) is 31.2 Å². The number of hydrogen-bond donors (Lipinski definition) is 1. The summed E-state index contributed by atoms with van der Waals surface area (Å²) in [6.45, 7) is 3.81. The van der Waals surface area contributed by atoms with E-state index in [1.165, 1.54) is 4.31 Å². The molecule has 110 valence electrons. The molecule has 0 saturated heterocycles. The molecule has 2 N–H and O–H groups in total. The van der Waals surface area contributed by atoms with Crippen LogP contribution in [0.4, 0.5) is 11.4 Å². The summed E-state index contributed by atoms with van der Waals surface area (Å²) in [5.41, 5.74) is 9.11. The van der Waals surface area contributed by atoms with Crippen LogP contribution in [0.5, 0.6) is 0 Å². The zero-order valence-corrected chi connectivity index (χ0v) is 12.9. The average molecular weight is 302 g/mol. The van der Waals surface area contributed by atoms with Crippen molar-refractivity contribution in [3.63, 3.8) is 0 Å². The second kappa shape index (κ2) is 4.77. The molecule has 1 atom stereocenters. The maximum absolute atomic E-state index is 12.9. The summed E-state index contributed by atoms with van der Waals surface area (Å²) >= 11 is 0. The van der Waals surface area contributed by atoms with Gasteiger partial charge < -0.3 is 5.73 Å². The first-order valence-corrected chi connectivity index (χ1v) is 8.33. The first-order chi connectivity index (χ1) is 9.89. The average Bonchev–Trinajstić information content (AvgIpc) is 2.74. The summed E-state index contributed by atoms with van der Waals surface area (Å²) in [7, 11) is -3.54. The van der Waals surface area contributed by atoms with Crippen molar-refractivity contribution < 1.29 is 8.42 Å². The Morgan fingerprint density at radius 2 is 1.95 bits per heavy atom. The topological polar surface area (TPSA) is 63.4 Å². The van der Waals surface area contributed by atoms with Gasteiger partial charge in [-0.3, -0.25) is 4.31 Å². The highest BCUT2D eigenvalue weighted by Crippen LogP contribution is 2.37. The first-order valence-electron chi connectivity index (χ1n) is 6.89. The fourth-order valence-electron chi connectivity index (χ4n) is 2.88. The lowest BCUT2D eigenvalue weighted by Gasteiger charge is -2.24. The molecule has 1 heterocycles. The van der Waals surface area contributed by atoms with Crippen molar-refractivity contribution in [1.82, 2.24) is 0 Å². The zero-order valence-electron chi connectivity index (χ0n) is 12.1. The number of nitrogens with two attached hydrogens (primary N) is 1. The van der Waals surface area contributed by atoms with Crippen LogP contribution in [0.3, 0.4) is 0 Å². The van der Waals surface area contributed by atoms with Crippen LogP contribution < -0.4 is 10.0 Å². The van der Waals surface area contributed by atoms with E-state index in [1.54, 1.807) is 30.3 Å². The largest absolute Gasteiger partial charge is 0.399 e. The number of fused-ring (bicyclic) bond motifs is 1. The highest BCUT2D eigenvalue weighted by atomic mass is 32.2. The van der Waals surface area contributed by atoms with E-state index in [0.29, 0.717) is 17.0 Å². The molecule has 0 saturated carbocycles. The van der Waals surface area contributed by atoms with E-state index in [0.717, 1.165) is 16.8 Å². The molecule has 0 amide bonds. The lowest BCUT2D eigenvalue weighted by molar-refractivity contribution is 0.584. The van der Waals surface area contributed by atoms with Gasteiger partial charge in [0.1, 0.15) is 0 Å². The van der Waals surface area contributed by atoms with Gasteiger partial charge in [-0.25, -0.2) is 8.42 Å². The molecule has 3 rings (SSSR count). The Bertz CT molecular complexity index is 800. The van der Waals surface area contributed by atoms with Crippen molar-refractivity contribution in [1.29, 1.82) is 0 Å². The fraction of sp³-hybridized carbons (Fsp3) is 0.250. The highest BCUT2D eigenvalue weighted by Gasteiger charge is 2.36. The first kappa shape index (κ1) is 13.9. The van der Waals surface area contributed by atoms with Crippen LogP contribution in [0, 0.1) is 6.92 Å². The maximum Gasteiger partial charge on any atom is 0.264 e. The summed E-state index contributed by atoms with van der Waals surface area (Å²) in [4.78, 5) is 0.332. The molecule has 0 radical (unpaired) electrons. The molecular weight excluding hydrogens is 284 g/mol. The molecule has 1 unspecified atom stereocenters. The van der Waals surface area contributed by atoms with E-state index in [9.17, 15) is 8.42 Å². The van der Waals surface area contributed by atoms with Gasteiger partial charge >= 0.3 is 0 Å². The van der Waals surface area contributed by atoms with E-state index in [2.05, 4.69) is 0 Å². The fourth-order valence-corrected chi connectivity index (χ4v) is 4.68. The highest BCUT2D eigenvalue weighted by molar-refractivity contribution is 7.92. The SMILES string of the molecule is Cc1cccc(S(=O)(=O)N2c3ccc(N)cc3CC2C)c1. The molecule has 0 aromatic heterocycles. The molecule has 2 aromatic carbocycles. The Balaban J connectivity index is 2.12. The van der Waals surface area contributed by atoms with Gasteiger partial charge in [-0.2, -0.15) is 0 Å². The summed E-state index contributed by atoms with van der Waals surface area (Å²) in [5.74, 6) is 0. The zero-order chi connectivity index (χ0) is 15.2. The molecule has 0 fully saturated rings. The monoisotopic (exact) mass is 302 g/mol. The van der Waals surface area contributed by atoms with Crippen LogP contribution >= 0.6 is 0 Å². The predicted molar refractivity (Wildman–Crippen MR) is 84.9 cm³/mol. The van der Waals surface area contributed by atoms with Gasteiger partial charge in [0, 0.05) is 11.7 Å². The summed E-state index contributed by atoms with van der Waals surface area (Å²) < 4.78 is 27.4. The number of rotatable bonds is 2. The van der Waals surface area contributed by atoms with Crippen molar-refractivity contribution in [3.8, 4) is 0 Å². The summed E-state index contributed by atoms with van der Waals surface area (Å²) in [5, 5.41) is 0. The summed E-state index contributed by atoms with van der Waals surface area (Å²) in [6, 6.07) is 12.3. The number of sulfonamides is 1. The third kappa shape index (κ3) is 2.27. The van der Waals surface area contributed by atoms with Crippen molar-refractivity contribution in [3.05, 3.63) is 53.6 Å². The molecular formula is C16H18N2O2S. The predicted octanol–water partition coefficient (Wildman–Crippen LogP) is 2.72. The number of anilines is 2. The van der Waals surface area contributed by atoms with Crippen LogP contribution in [0.1, 0.15) is 18.1 Å². The minimum absolute atomic E-state index is 0.104. The second-order valence-electron chi connectivity index (χ2n) is 5.56. The van der Waals surface area contributed by atoms with E-state index in [4.69, 9.17) is 5.73 Å². The molecule has 1 aliphatic heterocycles. The lowest BCUT2D eigenvalue weighted by atomic mass is 10.1. The third-order valence-corrected chi connectivity index (χ3v) is 5.73. The van der Waals surface area contributed by atoms with Gasteiger partial charge in [-0.1, -0.05) is 12.1 Å². The van der Waals surface area contributed by atoms with Gasteiger partial charge in [0.05, 0.1) is 10.6 Å². The van der Waals surface area contributed by atoms with Crippen LogP contribution in [-0.4, -0.2) is 14.5 Å². The van der Waals surface area contributed by atoms with E-state index in [-0.39, 0.29) is 6.04 Å². The van der Waals surface area contributed by atoms with E-state index >= 15 is 0 Å². The number of nitrogens with zero attached hydrogens (tertiary/aromatic N) is 1. The Labute approximate surface area is 125 Å². The van der Waals surface area contributed by atoms with Crippen LogP contribution in [0.25, 0.3) is 0 Å². The van der Waals surface area contributed by atoms with Gasteiger partial charge in [0.25, 0.3) is 10.0 Å². The smallest absolute Gasteiger partial charge is 0.264 e. The molecule has 0 aliphatic carbocycles. The van der Waals surface area contributed by atoms with Gasteiger partial charge in [-0.15, -0.1) is 0 Å². The van der Waals surface area contributed by atoms with Crippen molar-refractivity contribution >= 4 is 21.4 Å². The minimum atomic E-state index is -3.54. The standard InChI is InChI=1S/C16H18N2O2S/c1-11-4-3-5-15(8-11)21(19,20)18-12(2)9-13-10-14(17)6-7-16(13)18/h3-8,10,12H,9,17H2,1-2H3. The Morgan fingerprint density at radius 3 is 2.67 bits per heavy atom. The number of benzene rings is 2. The molecule has 5 heteroatoms. The Kier molecular flexibility index (Phi) is 3.17. The van der Waals surface area contributed by atoms with Crippen molar-refractivity contribution in [2.75, 3.05) is 10.0 Å². The maximum atomic E-state index is 12.9. The summed E-state index contributed by atoms with van der Waals surface area (Å²) in [6.07, 6.45) is 0.686. The lowest BCUT2D eigenvalue weighted by Crippen LogP contribution is -2.35. The van der Waals surface area contributed by atoms with Gasteiger partial charge in [0.15, 0.2) is 0 Å². The molecule has 0 spiro atoms. The second-order valence-corrected chi connectivity index (χ2v) is 7.37. The van der Waals surface area contributed by atoms with Crippen LogP contribution in [0.2, 0.25) is 0 Å². The van der Waals surface area contributed by atoms with Crippen molar-refractivity contribution in [2.24, 2.45) is 0 Å². The molecule has 0 bridgehead atoms. The number of nitrogen functional groups attached to an aromatic ring is 1. The van der Waals surface area contributed by atoms with E-state index < -0.39 is 10.0 Å². The Morgan fingerprint density at radius 1 is 1.19 bits per heavy atom. The minimum Gasteiger partial charge on any atom is -0.399 e. The van der Waals surface area contributed by atoms with Crippen LogP contribution in [0.15, 0.2) is 47.4 Å². The van der Waals surface area contributed by atoms with E-state index in [1.807, 2.05) is 26.0 Å². The quantitative estimate of drug-likeness (QED) is 0.868. The third-order valence-electron chi connectivity index (χ3n) is 3.80. The molecule has 1 aliphatic rings. The molecule has 2 aromatic rings. The molecule has 4 nitrogen and oxygen atoms in total. The Hall–Kier alpha value is -2.01. The van der Waals surface area contributed by atoms with Gasteiger partial charge in [-0.05, 0) is 61.7 Å². The normalized spacial score (nSPS) is 17.8. The van der Waals surface area contributed by atoms with Gasteiger partial charge in [0.2, 0.25) is 0 Å². The number of hydrogen-bond acceptors (Lipinski definition) is 3.